The van der Waals surface area contributed by atoms with E-state index < -0.39 is 35.8 Å². The first-order valence-corrected chi connectivity index (χ1v) is 5.61. The fraction of sp³-hybridized carbons (Fsp3) is 0.600. The number of hydrogen-bond donors (Lipinski definition) is 5. The molecule has 0 amide bonds. The minimum absolute atomic E-state index is 0.0255. The molecule has 5 N–H and O–H groups in total. The summed E-state index contributed by atoms with van der Waals surface area (Å²) in [5, 5.41) is 32.0. The van der Waals surface area contributed by atoms with E-state index in [4.69, 9.17) is 9.84 Å². The third-order valence-electron chi connectivity index (χ3n) is 3.10. The number of aromatic nitrogens is 2. The van der Waals surface area contributed by atoms with Gasteiger partial charge in [-0.25, -0.2) is 9.36 Å². The van der Waals surface area contributed by atoms with Crippen molar-refractivity contribution >= 4 is 5.82 Å². The van der Waals surface area contributed by atoms with Crippen LogP contribution in [-0.2, 0) is 10.5 Å². The molecule has 0 aliphatic carbocycles. The Bertz CT molecular complexity index is 581. The summed E-state index contributed by atoms with van der Waals surface area (Å²) in [7, 11) is 1.46. The topological polar surface area (TPSA) is 137 Å². The van der Waals surface area contributed by atoms with Gasteiger partial charge in [0.15, 0.2) is 5.72 Å². The number of ether oxygens (including phenoxy) is 1. The highest BCUT2D eigenvalue weighted by atomic mass is 16.5. The lowest BCUT2D eigenvalue weighted by atomic mass is 10.1. The van der Waals surface area contributed by atoms with Crippen molar-refractivity contribution in [3.05, 3.63) is 26.9 Å². The maximum atomic E-state index is 11.8. The summed E-state index contributed by atoms with van der Waals surface area (Å²) in [6, 6.07) is 1.07. The first-order chi connectivity index (χ1) is 8.93. The summed E-state index contributed by atoms with van der Waals surface area (Å²) < 4.78 is 5.84. The smallest absolute Gasteiger partial charge is 0.332 e. The maximum absolute atomic E-state index is 11.8. The Morgan fingerprint density at radius 2 is 2.32 bits per heavy atom. The van der Waals surface area contributed by atoms with Gasteiger partial charge in [0.05, 0.1) is 13.2 Å². The number of aliphatic hydroxyl groups excluding tert-OH is 2. The highest BCUT2D eigenvalue weighted by molar-refractivity contribution is 5.34. The number of hydrogen-bond acceptors (Lipinski definition) is 7. The quantitative estimate of drug-likeness (QED) is 0.395. The first kappa shape index (κ1) is 13.7. The van der Waals surface area contributed by atoms with Gasteiger partial charge in [0.25, 0.3) is 5.56 Å². The molecule has 1 saturated heterocycles. The zero-order chi connectivity index (χ0) is 14.2. The van der Waals surface area contributed by atoms with Gasteiger partial charge >= 0.3 is 5.69 Å². The highest BCUT2D eigenvalue weighted by Gasteiger charge is 2.50. The van der Waals surface area contributed by atoms with Gasteiger partial charge in [0.1, 0.15) is 18.0 Å². The number of aliphatic hydroxyl groups is 3. The Morgan fingerprint density at radius 3 is 2.84 bits per heavy atom. The molecule has 1 aromatic heterocycles. The van der Waals surface area contributed by atoms with Crippen molar-refractivity contribution in [2.45, 2.75) is 17.9 Å². The maximum Gasteiger partial charge on any atom is 0.332 e. The molecule has 2 unspecified atom stereocenters. The fourth-order valence-corrected chi connectivity index (χ4v) is 2.12. The number of H-pyrrole nitrogens is 1. The van der Waals surface area contributed by atoms with Crippen LogP contribution in [0, 0.1) is 0 Å². The summed E-state index contributed by atoms with van der Waals surface area (Å²) in [6.07, 6.45) is -2.51. The molecule has 0 radical (unpaired) electrons. The van der Waals surface area contributed by atoms with Crippen LogP contribution in [0.3, 0.4) is 0 Å². The summed E-state index contributed by atoms with van der Waals surface area (Å²) in [5.41, 5.74) is -3.59. The van der Waals surface area contributed by atoms with Crippen LogP contribution in [0.2, 0.25) is 0 Å². The molecule has 2 rings (SSSR count). The van der Waals surface area contributed by atoms with Crippen molar-refractivity contribution < 1.29 is 20.1 Å². The lowest BCUT2D eigenvalue weighted by molar-refractivity contribution is -0.114. The molecular formula is C10H15N3O6. The standard InChI is InChI=1S/C10H15N3O6/c1-11-6-2-7(15)12-9(17)13(6)10(18)4-19-5(3-14)8(10)16/h2,5,8,11,14,16,18H,3-4H2,1H3,(H,12,15,17)/t5-,8?,10?/m1/s1. The second-order valence-corrected chi connectivity index (χ2v) is 4.26. The zero-order valence-corrected chi connectivity index (χ0v) is 10.2. The highest BCUT2D eigenvalue weighted by Crippen LogP contribution is 2.30. The van der Waals surface area contributed by atoms with Crippen molar-refractivity contribution in [2.24, 2.45) is 0 Å². The Morgan fingerprint density at radius 1 is 1.63 bits per heavy atom. The molecule has 1 fully saturated rings. The van der Waals surface area contributed by atoms with Gasteiger partial charge in [0.2, 0.25) is 0 Å². The number of nitrogens with zero attached hydrogens (tertiary/aromatic N) is 1. The fourth-order valence-electron chi connectivity index (χ4n) is 2.12. The van der Waals surface area contributed by atoms with Crippen molar-refractivity contribution in [2.75, 3.05) is 25.6 Å². The van der Waals surface area contributed by atoms with Gasteiger partial charge in [-0.2, -0.15) is 0 Å². The second-order valence-electron chi connectivity index (χ2n) is 4.26. The molecule has 106 valence electrons. The van der Waals surface area contributed by atoms with E-state index in [1.54, 1.807) is 0 Å². The SMILES string of the molecule is CNc1cc(=O)[nH]c(=O)n1C1(O)CO[C@H](CO)C1O. The normalized spacial score (nSPS) is 30.5. The van der Waals surface area contributed by atoms with E-state index in [-0.39, 0.29) is 12.4 Å². The predicted octanol–water partition coefficient (Wildman–Crippen LogP) is -3.02. The van der Waals surface area contributed by atoms with Gasteiger partial charge in [0, 0.05) is 13.1 Å². The molecule has 9 heteroatoms. The molecule has 9 nitrogen and oxygen atoms in total. The summed E-state index contributed by atoms with van der Waals surface area (Å²) >= 11 is 0. The minimum Gasteiger partial charge on any atom is -0.394 e. The van der Waals surface area contributed by atoms with Crippen molar-refractivity contribution in [3.8, 4) is 0 Å². The predicted molar refractivity (Wildman–Crippen MR) is 63.9 cm³/mol. The summed E-state index contributed by atoms with van der Waals surface area (Å²) in [4.78, 5) is 25.0. The Kier molecular flexibility index (Phi) is 3.45. The molecule has 2 heterocycles. The lowest BCUT2D eigenvalue weighted by Crippen LogP contribution is -2.53. The van der Waals surface area contributed by atoms with Crippen LogP contribution in [0.25, 0.3) is 0 Å². The number of aromatic amines is 1. The largest absolute Gasteiger partial charge is 0.394 e. The second kappa shape index (κ2) is 4.78. The monoisotopic (exact) mass is 273 g/mol. The van der Waals surface area contributed by atoms with Crippen LogP contribution in [0.5, 0.6) is 0 Å². The van der Waals surface area contributed by atoms with E-state index >= 15 is 0 Å². The van der Waals surface area contributed by atoms with Gasteiger partial charge in [-0.1, -0.05) is 0 Å². The zero-order valence-electron chi connectivity index (χ0n) is 10.2. The molecular weight excluding hydrogens is 258 g/mol. The van der Waals surface area contributed by atoms with E-state index in [0.29, 0.717) is 0 Å². The van der Waals surface area contributed by atoms with Gasteiger partial charge in [-0.3, -0.25) is 9.78 Å². The molecule has 1 aromatic rings. The van der Waals surface area contributed by atoms with Crippen molar-refractivity contribution in [1.82, 2.24) is 9.55 Å². The van der Waals surface area contributed by atoms with Crippen molar-refractivity contribution in [1.29, 1.82) is 0 Å². The minimum atomic E-state index is -2.06. The van der Waals surface area contributed by atoms with Gasteiger partial charge in [-0.15, -0.1) is 0 Å². The van der Waals surface area contributed by atoms with E-state index in [2.05, 4.69) is 5.32 Å². The molecule has 19 heavy (non-hydrogen) atoms. The van der Waals surface area contributed by atoms with Crippen LogP contribution in [0.4, 0.5) is 5.82 Å². The van der Waals surface area contributed by atoms with Crippen molar-refractivity contribution in [3.63, 3.8) is 0 Å². The Hall–Kier alpha value is -1.68. The Labute approximate surface area is 107 Å². The molecule has 0 bridgehead atoms. The molecule has 1 aliphatic heterocycles. The third kappa shape index (κ3) is 2.06. The molecule has 3 atom stereocenters. The number of anilines is 1. The van der Waals surface area contributed by atoms with Crippen LogP contribution in [0.15, 0.2) is 15.7 Å². The molecule has 1 aliphatic rings. The molecule has 0 aromatic carbocycles. The third-order valence-corrected chi connectivity index (χ3v) is 3.10. The van der Waals surface area contributed by atoms with E-state index in [0.717, 1.165) is 10.6 Å². The average molecular weight is 273 g/mol. The van der Waals surface area contributed by atoms with Crippen LogP contribution in [-0.4, -0.2) is 57.3 Å². The van der Waals surface area contributed by atoms with Crippen LogP contribution in [0.1, 0.15) is 0 Å². The van der Waals surface area contributed by atoms with E-state index in [1.807, 2.05) is 4.98 Å². The molecule has 0 spiro atoms. The average Bonchev–Trinajstić information content (AvgIpc) is 2.65. The number of nitrogens with one attached hydrogen (secondary N) is 2. The first-order valence-electron chi connectivity index (χ1n) is 5.61. The van der Waals surface area contributed by atoms with Crippen LogP contribution >= 0.6 is 0 Å². The van der Waals surface area contributed by atoms with Gasteiger partial charge in [-0.05, 0) is 0 Å². The van der Waals surface area contributed by atoms with Gasteiger partial charge < -0.3 is 25.4 Å². The van der Waals surface area contributed by atoms with Crippen LogP contribution < -0.4 is 16.6 Å². The number of rotatable bonds is 3. The lowest BCUT2D eigenvalue weighted by Gasteiger charge is -2.29. The van der Waals surface area contributed by atoms with E-state index in [9.17, 15) is 19.8 Å². The molecule has 0 saturated carbocycles. The Balaban J connectivity index is 2.59. The summed E-state index contributed by atoms with van der Waals surface area (Å²) in [6.45, 7) is -0.892. The summed E-state index contributed by atoms with van der Waals surface area (Å²) in [5.74, 6) is 0.0255. The van der Waals surface area contributed by atoms with E-state index in [1.165, 1.54) is 7.05 Å².